The second-order valence-electron chi connectivity index (χ2n) is 9.49. The van der Waals surface area contributed by atoms with Crippen LogP contribution in [0.2, 0.25) is 0 Å². The van der Waals surface area contributed by atoms with Crippen molar-refractivity contribution >= 4 is 22.4 Å². The molecule has 3 aromatic heterocycles. The quantitative estimate of drug-likeness (QED) is 0.467. The number of anilines is 1. The van der Waals surface area contributed by atoms with Gasteiger partial charge in [0.25, 0.3) is 0 Å². The summed E-state index contributed by atoms with van der Waals surface area (Å²) in [6, 6.07) is 8.85. The molecule has 10 heteroatoms. The van der Waals surface area contributed by atoms with Crippen molar-refractivity contribution in [1.82, 2.24) is 24.5 Å². The fourth-order valence-electron chi connectivity index (χ4n) is 5.03. The van der Waals surface area contributed by atoms with Gasteiger partial charge in [-0.3, -0.25) is 9.88 Å². The highest BCUT2D eigenvalue weighted by atomic mass is 19.1. The van der Waals surface area contributed by atoms with Crippen molar-refractivity contribution in [1.29, 1.82) is 0 Å². The molecule has 8 nitrogen and oxygen atoms in total. The number of ether oxygens (including phenoxy) is 2. The zero-order chi connectivity index (χ0) is 24.2. The van der Waals surface area contributed by atoms with E-state index in [0.29, 0.717) is 42.8 Å². The van der Waals surface area contributed by atoms with Crippen LogP contribution in [-0.2, 0) is 4.74 Å². The Kier molecular flexibility index (Phi) is 5.30. The van der Waals surface area contributed by atoms with Crippen LogP contribution in [0.4, 0.5) is 14.7 Å². The van der Waals surface area contributed by atoms with Gasteiger partial charge in [0.1, 0.15) is 11.7 Å². The fraction of sp³-hybridized carbons (Fsp3) is 0.400. The number of piperidine rings is 1. The molecule has 2 aliphatic rings. The highest BCUT2D eigenvalue weighted by Crippen LogP contribution is 2.36. The number of likely N-dealkylation sites (tertiary alicyclic amines) is 1. The summed E-state index contributed by atoms with van der Waals surface area (Å²) < 4.78 is 42.5. The van der Waals surface area contributed by atoms with E-state index in [1.54, 1.807) is 6.20 Å². The molecular formula is C25H26F2N6O2. The first-order chi connectivity index (χ1) is 16.9. The number of nitrogens with one attached hydrogen (secondary N) is 1. The number of benzene rings is 1. The fourth-order valence-corrected chi connectivity index (χ4v) is 5.03. The Morgan fingerprint density at radius 3 is 2.86 bits per heavy atom. The highest BCUT2D eigenvalue weighted by Gasteiger charge is 2.43. The highest BCUT2D eigenvalue weighted by molar-refractivity contribution is 5.91. The van der Waals surface area contributed by atoms with E-state index in [9.17, 15) is 0 Å². The van der Waals surface area contributed by atoms with E-state index in [0.717, 1.165) is 17.4 Å². The number of rotatable bonds is 5. The van der Waals surface area contributed by atoms with Crippen LogP contribution in [0.15, 0.2) is 42.7 Å². The van der Waals surface area contributed by atoms with Gasteiger partial charge >= 0.3 is 0 Å². The maximum atomic E-state index is 15.2. The summed E-state index contributed by atoms with van der Waals surface area (Å²) in [6.07, 6.45) is 2.50. The number of hydrogen-bond acceptors (Lipinski definition) is 7. The smallest absolute Gasteiger partial charge is 0.244 e. The zero-order valence-electron chi connectivity index (χ0n) is 19.5. The predicted molar refractivity (Wildman–Crippen MR) is 128 cm³/mol. The Morgan fingerprint density at radius 1 is 1.26 bits per heavy atom. The first-order valence-electron chi connectivity index (χ1n) is 11.7. The molecule has 0 saturated carbocycles. The van der Waals surface area contributed by atoms with Crippen LogP contribution >= 0.6 is 0 Å². The third kappa shape index (κ3) is 3.77. The molecule has 2 atom stereocenters. The SMILES string of the molecule is COc1nc(N[C@H]2CCN(C3(C)COC3)C[C@H]2F)nn2cc(F)c(-c3ccc4ncccc4c3)c12. The molecule has 0 unspecified atom stereocenters. The van der Waals surface area contributed by atoms with Gasteiger partial charge in [0.15, 0.2) is 5.82 Å². The van der Waals surface area contributed by atoms with Crippen molar-refractivity contribution < 1.29 is 18.3 Å². The van der Waals surface area contributed by atoms with E-state index in [2.05, 4.69) is 32.2 Å². The summed E-state index contributed by atoms with van der Waals surface area (Å²) in [6.45, 7) is 4.42. The van der Waals surface area contributed by atoms with Gasteiger partial charge < -0.3 is 14.8 Å². The Balaban J connectivity index is 1.31. The maximum Gasteiger partial charge on any atom is 0.244 e. The minimum atomic E-state index is -1.10. The predicted octanol–water partition coefficient (Wildman–Crippen LogP) is 3.71. The molecule has 35 heavy (non-hydrogen) atoms. The maximum absolute atomic E-state index is 15.2. The summed E-state index contributed by atoms with van der Waals surface area (Å²) in [5.74, 6) is -0.0526. The number of nitrogens with zero attached hydrogens (tertiary/aromatic N) is 5. The molecule has 0 radical (unpaired) electrons. The minimum absolute atomic E-state index is 0.0914. The molecule has 0 bridgehead atoms. The number of halogens is 2. The molecule has 5 heterocycles. The average Bonchev–Trinajstić information content (AvgIpc) is 3.18. The Hall–Kier alpha value is -3.37. The number of pyridine rings is 1. The van der Waals surface area contributed by atoms with Gasteiger partial charge in [-0.25, -0.2) is 13.3 Å². The lowest BCUT2D eigenvalue weighted by atomic mass is 9.92. The van der Waals surface area contributed by atoms with Gasteiger partial charge in [0.05, 0.1) is 49.2 Å². The molecule has 2 aliphatic heterocycles. The Bertz CT molecular complexity index is 1410. The van der Waals surface area contributed by atoms with E-state index >= 15 is 8.78 Å². The standard InChI is InChI=1S/C25H26F2N6O2/c1-25(13-35-14-25)32-9-7-20(17(26)11-32)29-24-30-23(34-2)22-21(18(27)12-33(22)31-24)16-5-6-19-15(10-16)4-3-8-28-19/h3-6,8,10,12,17,20H,7,9,11,13-14H2,1-2H3,(H,29,31)/t17-,20+/m1/s1. The zero-order valence-corrected chi connectivity index (χ0v) is 19.5. The van der Waals surface area contributed by atoms with Crippen LogP contribution in [0.5, 0.6) is 5.88 Å². The third-order valence-electron chi connectivity index (χ3n) is 7.08. The van der Waals surface area contributed by atoms with Crippen LogP contribution in [0.1, 0.15) is 13.3 Å². The number of alkyl halides is 1. The first kappa shape index (κ1) is 22.1. The lowest BCUT2D eigenvalue weighted by Gasteiger charge is -2.50. The van der Waals surface area contributed by atoms with Gasteiger partial charge in [0.2, 0.25) is 11.8 Å². The first-order valence-corrected chi connectivity index (χ1v) is 11.7. The van der Waals surface area contributed by atoms with Gasteiger partial charge in [-0.1, -0.05) is 12.1 Å². The van der Waals surface area contributed by atoms with Gasteiger partial charge in [0, 0.05) is 24.7 Å². The lowest BCUT2D eigenvalue weighted by molar-refractivity contribution is -0.142. The average molecular weight is 481 g/mol. The summed E-state index contributed by atoms with van der Waals surface area (Å²) in [5, 5.41) is 8.44. The monoisotopic (exact) mass is 480 g/mol. The Labute approximate surface area is 200 Å². The summed E-state index contributed by atoms with van der Waals surface area (Å²) in [5.41, 5.74) is 2.14. The molecular weight excluding hydrogens is 454 g/mol. The third-order valence-corrected chi connectivity index (χ3v) is 7.08. The molecule has 0 spiro atoms. The normalized spacial score (nSPS) is 22.3. The molecule has 4 aromatic rings. The molecule has 0 aliphatic carbocycles. The number of aromatic nitrogens is 4. The van der Waals surface area contributed by atoms with Crippen LogP contribution < -0.4 is 10.1 Å². The molecule has 182 valence electrons. The largest absolute Gasteiger partial charge is 0.479 e. The summed E-state index contributed by atoms with van der Waals surface area (Å²) in [7, 11) is 1.48. The van der Waals surface area contributed by atoms with Crippen molar-refractivity contribution in [2.24, 2.45) is 0 Å². The molecule has 6 rings (SSSR count). The van der Waals surface area contributed by atoms with Crippen molar-refractivity contribution in [3.05, 3.63) is 48.5 Å². The van der Waals surface area contributed by atoms with Gasteiger partial charge in [-0.05, 0) is 37.1 Å². The lowest BCUT2D eigenvalue weighted by Crippen LogP contribution is -2.64. The summed E-state index contributed by atoms with van der Waals surface area (Å²) in [4.78, 5) is 10.9. The Morgan fingerprint density at radius 2 is 2.11 bits per heavy atom. The van der Waals surface area contributed by atoms with Crippen molar-refractivity contribution in [3.8, 4) is 17.0 Å². The number of methoxy groups -OCH3 is 1. The molecule has 0 amide bonds. The van der Waals surface area contributed by atoms with Crippen molar-refractivity contribution in [2.45, 2.75) is 31.1 Å². The van der Waals surface area contributed by atoms with Crippen LogP contribution in [0.25, 0.3) is 27.5 Å². The topological polar surface area (TPSA) is 76.8 Å². The van der Waals surface area contributed by atoms with Gasteiger partial charge in [-0.2, -0.15) is 4.98 Å². The molecule has 2 fully saturated rings. The number of fused-ring (bicyclic) bond motifs is 2. The van der Waals surface area contributed by atoms with E-state index in [1.165, 1.54) is 17.8 Å². The second-order valence-corrected chi connectivity index (χ2v) is 9.49. The van der Waals surface area contributed by atoms with Crippen LogP contribution in [0, 0.1) is 5.82 Å². The molecule has 2 saturated heterocycles. The van der Waals surface area contributed by atoms with E-state index in [-0.39, 0.29) is 17.4 Å². The van der Waals surface area contributed by atoms with Crippen LogP contribution in [0.3, 0.4) is 0 Å². The second kappa shape index (κ2) is 8.39. The molecule has 1 N–H and O–H groups in total. The van der Waals surface area contributed by atoms with Crippen molar-refractivity contribution in [2.75, 3.05) is 38.7 Å². The van der Waals surface area contributed by atoms with Crippen molar-refractivity contribution in [3.63, 3.8) is 0 Å². The molecule has 1 aromatic carbocycles. The number of hydrogen-bond donors (Lipinski definition) is 1. The van der Waals surface area contributed by atoms with Gasteiger partial charge in [-0.15, -0.1) is 5.10 Å². The van der Waals surface area contributed by atoms with E-state index in [1.807, 2.05) is 30.3 Å². The minimum Gasteiger partial charge on any atom is -0.479 e. The van der Waals surface area contributed by atoms with E-state index < -0.39 is 18.0 Å². The summed E-state index contributed by atoms with van der Waals surface area (Å²) >= 11 is 0. The van der Waals surface area contributed by atoms with Crippen LogP contribution in [-0.4, -0.2) is 75.6 Å². The van der Waals surface area contributed by atoms with E-state index in [4.69, 9.17) is 9.47 Å².